The first-order valence-corrected chi connectivity index (χ1v) is 4.04. The highest BCUT2D eigenvalue weighted by atomic mass is 127. The summed E-state index contributed by atoms with van der Waals surface area (Å²) in [5.41, 5.74) is 0. The van der Waals surface area contributed by atoms with Crippen LogP contribution < -0.4 is 10.6 Å². The summed E-state index contributed by atoms with van der Waals surface area (Å²) < 4.78 is 0.920. The van der Waals surface area contributed by atoms with Gasteiger partial charge in [0.2, 0.25) is 0 Å². The molecule has 1 rings (SSSR count). The molecule has 0 unspecified atom stereocenters. The van der Waals surface area contributed by atoms with Crippen molar-refractivity contribution in [3.05, 3.63) is 0 Å². The van der Waals surface area contributed by atoms with Gasteiger partial charge in [-0.1, -0.05) is 22.6 Å². The Kier molecular flexibility index (Phi) is 2.38. The fourth-order valence-corrected chi connectivity index (χ4v) is 0.941. The van der Waals surface area contributed by atoms with Crippen molar-refractivity contribution in [3.63, 3.8) is 0 Å². The van der Waals surface area contributed by atoms with Gasteiger partial charge in [0.1, 0.15) is 0 Å². The molecule has 0 radical (unpaired) electrons. The average Bonchev–Trinajstić information content (AvgIpc) is 2.19. The number of halogens is 1. The van der Waals surface area contributed by atoms with Gasteiger partial charge in [0.05, 0.1) is 11.1 Å². The van der Waals surface area contributed by atoms with Gasteiger partial charge in [-0.3, -0.25) is 4.99 Å². The van der Waals surface area contributed by atoms with Gasteiger partial charge >= 0.3 is 0 Å². The molecule has 0 aromatic carbocycles. The Morgan fingerprint density at radius 3 is 3.25 bits per heavy atom. The number of nitrogens with one attached hydrogen (secondary N) is 2. The van der Waals surface area contributed by atoms with Crippen molar-refractivity contribution in [1.29, 1.82) is 0 Å². The van der Waals surface area contributed by atoms with Crippen LogP contribution in [0.3, 0.4) is 0 Å². The normalized spacial score (nSPS) is 17.4. The van der Waals surface area contributed by atoms with Crippen molar-refractivity contribution in [2.75, 3.05) is 17.6 Å². The lowest BCUT2D eigenvalue weighted by Gasteiger charge is -1.99. The highest BCUT2D eigenvalue weighted by molar-refractivity contribution is 14.1. The van der Waals surface area contributed by atoms with E-state index in [2.05, 4.69) is 38.2 Å². The lowest BCUT2D eigenvalue weighted by Crippen LogP contribution is -2.32. The third-order valence-electron chi connectivity index (χ3n) is 0.908. The predicted molar refractivity (Wildman–Crippen MR) is 42.3 cm³/mol. The Hall–Kier alpha value is 0. The number of nitrogens with zero attached hydrogens (tertiary/aromatic N) is 1. The largest absolute Gasteiger partial charge is 0.355 e. The fourth-order valence-electron chi connectivity index (χ4n) is 0.580. The van der Waals surface area contributed by atoms with Gasteiger partial charge in [-0.15, -0.1) is 0 Å². The summed E-state index contributed by atoms with van der Waals surface area (Å²) >= 11 is 2.25. The van der Waals surface area contributed by atoms with Gasteiger partial charge in [-0.25, -0.2) is 0 Å². The van der Waals surface area contributed by atoms with E-state index in [1.54, 1.807) is 0 Å². The van der Waals surface area contributed by atoms with E-state index in [-0.39, 0.29) is 0 Å². The summed E-state index contributed by atoms with van der Waals surface area (Å²) in [6.45, 7) is 1.90. The number of guanidine groups is 1. The molecule has 3 nitrogen and oxygen atoms in total. The lowest BCUT2D eigenvalue weighted by molar-refractivity contribution is 0.939. The standard InChI is InChI=1S/C4H8IN3/c5-3-8-4-6-1-2-7-4/h1-3H2,(H2,6,7,8). The third kappa shape index (κ3) is 1.50. The highest BCUT2D eigenvalue weighted by Gasteiger charge is 2.00. The number of rotatable bonds is 1. The molecule has 0 bridgehead atoms. The van der Waals surface area contributed by atoms with Crippen LogP contribution in [0.25, 0.3) is 0 Å². The Morgan fingerprint density at radius 2 is 2.75 bits per heavy atom. The smallest absolute Gasteiger partial charge is 0.192 e. The molecule has 0 spiro atoms. The van der Waals surface area contributed by atoms with Crippen LogP contribution in [0.4, 0.5) is 0 Å². The first-order valence-electron chi connectivity index (χ1n) is 2.51. The zero-order valence-corrected chi connectivity index (χ0v) is 6.60. The number of hydrogen-bond donors (Lipinski definition) is 2. The summed E-state index contributed by atoms with van der Waals surface area (Å²) in [6, 6.07) is 0. The number of hydrogen-bond acceptors (Lipinski definition) is 3. The quantitative estimate of drug-likeness (QED) is 0.372. The Morgan fingerprint density at radius 1 is 1.88 bits per heavy atom. The second kappa shape index (κ2) is 3.11. The molecule has 8 heavy (non-hydrogen) atoms. The molecule has 0 aliphatic carbocycles. The Bertz CT molecular complexity index is 101. The van der Waals surface area contributed by atoms with Crippen molar-refractivity contribution in [1.82, 2.24) is 10.6 Å². The molecule has 0 saturated carbocycles. The second-order valence-electron chi connectivity index (χ2n) is 1.47. The molecule has 0 fully saturated rings. The minimum Gasteiger partial charge on any atom is -0.355 e. The van der Waals surface area contributed by atoms with Crippen LogP contribution in [0.5, 0.6) is 0 Å². The van der Waals surface area contributed by atoms with E-state index in [0.29, 0.717) is 0 Å². The van der Waals surface area contributed by atoms with Gasteiger partial charge in [0.15, 0.2) is 5.96 Å². The molecule has 1 aliphatic heterocycles. The molecule has 0 amide bonds. The van der Waals surface area contributed by atoms with Gasteiger partial charge in [0, 0.05) is 6.54 Å². The fraction of sp³-hybridized carbons (Fsp3) is 0.750. The molecule has 0 saturated heterocycles. The van der Waals surface area contributed by atoms with Crippen molar-refractivity contribution in [3.8, 4) is 0 Å². The Labute approximate surface area is 62.1 Å². The van der Waals surface area contributed by atoms with Crippen molar-refractivity contribution >= 4 is 28.6 Å². The first-order chi connectivity index (χ1) is 3.93. The van der Waals surface area contributed by atoms with E-state index < -0.39 is 0 Å². The number of aliphatic imine (C=N–C) groups is 1. The van der Waals surface area contributed by atoms with Crippen LogP contribution in [0, 0.1) is 0 Å². The van der Waals surface area contributed by atoms with Crippen LogP contribution in [-0.2, 0) is 0 Å². The van der Waals surface area contributed by atoms with E-state index in [4.69, 9.17) is 0 Å². The Balaban J connectivity index is 2.23. The molecule has 2 N–H and O–H groups in total. The van der Waals surface area contributed by atoms with Gasteiger partial charge in [-0.2, -0.15) is 0 Å². The van der Waals surface area contributed by atoms with Crippen LogP contribution in [0.15, 0.2) is 4.99 Å². The van der Waals surface area contributed by atoms with E-state index in [1.165, 1.54) is 0 Å². The molecule has 46 valence electrons. The van der Waals surface area contributed by atoms with Gasteiger partial charge < -0.3 is 10.6 Å². The lowest BCUT2D eigenvalue weighted by atomic mass is 10.7. The maximum atomic E-state index is 4.12. The van der Waals surface area contributed by atoms with Crippen LogP contribution in [0.1, 0.15) is 0 Å². The van der Waals surface area contributed by atoms with Crippen LogP contribution in [0.2, 0.25) is 0 Å². The minimum atomic E-state index is 0.916. The second-order valence-corrected chi connectivity index (χ2v) is 2.23. The van der Waals surface area contributed by atoms with Crippen molar-refractivity contribution in [2.45, 2.75) is 0 Å². The van der Waals surface area contributed by atoms with Gasteiger partial charge in [0.25, 0.3) is 0 Å². The third-order valence-corrected chi connectivity index (χ3v) is 1.29. The van der Waals surface area contributed by atoms with Crippen LogP contribution >= 0.6 is 22.6 Å². The maximum absolute atomic E-state index is 4.12. The summed E-state index contributed by atoms with van der Waals surface area (Å²) in [4.78, 5) is 4.12. The summed E-state index contributed by atoms with van der Waals surface area (Å²) in [6.07, 6.45) is 0. The van der Waals surface area contributed by atoms with E-state index in [0.717, 1.165) is 23.6 Å². The predicted octanol–water partition coefficient (Wildman–Crippen LogP) is -0.0723. The molecule has 1 heterocycles. The highest BCUT2D eigenvalue weighted by Crippen LogP contribution is 1.81. The van der Waals surface area contributed by atoms with Crippen molar-refractivity contribution < 1.29 is 0 Å². The molecular formula is C4H8IN3. The number of alkyl halides is 1. The van der Waals surface area contributed by atoms with Crippen LogP contribution in [-0.4, -0.2) is 23.6 Å². The maximum Gasteiger partial charge on any atom is 0.192 e. The molecule has 0 aromatic heterocycles. The van der Waals surface area contributed by atoms with E-state index in [1.807, 2.05) is 0 Å². The summed E-state index contributed by atoms with van der Waals surface area (Å²) in [5, 5.41) is 6.16. The molecule has 0 atom stereocenters. The molecular weight excluding hydrogens is 217 g/mol. The molecule has 1 aliphatic rings. The zero-order chi connectivity index (χ0) is 5.82. The summed E-state index contributed by atoms with van der Waals surface area (Å²) in [7, 11) is 0. The average molecular weight is 225 g/mol. The first kappa shape index (κ1) is 6.12. The summed E-state index contributed by atoms with van der Waals surface area (Å²) in [5.74, 6) is 0.944. The zero-order valence-electron chi connectivity index (χ0n) is 4.45. The van der Waals surface area contributed by atoms with Crippen molar-refractivity contribution in [2.24, 2.45) is 4.99 Å². The minimum absolute atomic E-state index is 0.916. The van der Waals surface area contributed by atoms with E-state index >= 15 is 0 Å². The molecule has 0 aromatic rings. The molecule has 4 heteroatoms. The van der Waals surface area contributed by atoms with E-state index in [9.17, 15) is 0 Å². The SMILES string of the molecule is ICNC1=NCCN1. The van der Waals surface area contributed by atoms with Gasteiger partial charge in [-0.05, 0) is 0 Å². The topological polar surface area (TPSA) is 36.4 Å². The monoisotopic (exact) mass is 225 g/mol.